The molecule has 0 fully saturated rings. The first kappa shape index (κ1) is 18.4. The standard InChI is InChI=1S/C15H15ClF3NO4/c1-3-9-7-14(16,12(21)24-2)10-6-8(15(17,18)19)4-5-11(10)20(9)13(22)23/h4-6,9H,3,7H2,1-2H3,(H,22,23). The van der Waals surface area contributed by atoms with Crippen molar-refractivity contribution in [3.05, 3.63) is 29.3 Å². The molecule has 1 aliphatic heterocycles. The summed E-state index contributed by atoms with van der Waals surface area (Å²) in [5, 5.41) is 9.43. The fourth-order valence-electron chi connectivity index (χ4n) is 2.90. The molecule has 132 valence electrons. The van der Waals surface area contributed by atoms with E-state index >= 15 is 0 Å². The number of benzene rings is 1. The number of halogens is 4. The van der Waals surface area contributed by atoms with Gasteiger partial charge in [-0.1, -0.05) is 6.92 Å². The number of hydrogen-bond acceptors (Lipinski definition) is 3. The number of methoxy groups -OCH3 is 1. The summed E-state index contributed by atoms with van der Waals surface area (Å²) in [7, 11) is 1.07. The summed E-state index contributed by atoms with van der Waals surface area (Å²) < 4.78 is 43.7. The highest BCUT2D eigenvalue weighted by molar-refractivity contribution is 6.34. The quantitative estimate of drug-likeness (QED) is 0.636. The van der Waals surface area contributed by atoms with Gasteiger partial charge in [-0.25, -0.2) is 9.59 Å². The average molecular weight is 366 g/mol. The molecule has 1 aromatic rings. The van der Waals surface area contributed by atoms with Gasteiger partial charge < -0.3 is 9.84 Å². The summed E-state index contributed by atoms with van der Waals surface area (Å²) in [5.41, 5.74) is -1.29. The minimum absolute atomic E-state index is 0.0472. The Morgan fingerprint density at radius 3 is 2.54 bits per heavy atom. The lowest BCUT2D eigenvalue weighted by atomic mass is 9.83. The van der Waals surface area contributed by atoms with E-state index in [1.807, 2.05) is 0 Å². The molecule has 2 unspecified atom stereocenters. The minimum Gasteiger partial charge on any atom is -0.467 e. The Labute approximate surface area is 141 Å². The van der Waals surface area contributed by atoms with Crippen LogP contribution in [0.25, 0.3) is 0 Å². The Hall–Kier alpha value is -1.96. The second kappa shape index (κ2) is 6.16. The molecule has 5 nitrogen and oxygen atoms in total. The van der Waals surface area contributed by atoms with E-state index in [1.165, 1.54) is 0 Å². The highest BCUT2D eigenvalue weighted by Crippen LogP contribution is 2.48. The number of hydrogen-bond donors (Lipinski definition) is 1. The number of carbonyl (C=O) groups excluding carboxylic acids is 1. The normalized spacial score (nSPS) is 23.6. The Balaban J connectivity index is 2.74. The van der Waals surface area contributed by atoms with Gasteiger partial charge in [-0.15, -0.1) is 11.6 Å². The van der Waals surface area contributed by atoms with Gasteiger partial charge in [-0.2, -0.15) is 13.2 Å². The molecular weight excluding hydrogens is 351 g/mol. The topological polar surface area (TPSA) is 66.8 Å². The second-order valence-corrected chi connectivity index (χ2v) is 6.09. The second-order valence-electron chi connectivity index (χ2n) is 5.44. The lowest BCUT2D eigenvalue weighted by Crippen LogP contribution is -2.50. The van der Waals surface area contributed by atoms with Crippen LogP contribution < -0.4 is 4.90 Å². The van der Waals surface area contributed by atoms with Crippen LogP contribution in [-0.2, 0) is 20.6 Å². The van der Waals surface area contributed by atoms with E-state index in [2.05, 4.69) is 4.74 Å². The molecule has 1 heterocycles. The zero-order valence-corrected chi connectivity index (χ0v) is 13.6. The summed E-state index contributed by atoms with van der Waals surface area (Å²) >= 11 is 6.36. The number of carbonyl (C=O) groups is 2. The van der Waals surface area contributed by atoms with Gasteiger partial charge in [0.2, 0.25) is 0 Å². The first-order valence-electron chi connectivity index (χ1n) is 7.07. The van der Waals surface area contributed by atoms with E-state index in [0.717, 1.165) is 24.1 Å². The number of amides is 1. The highest BCUT2D eigenvalue weighted by Gasteiger charge is 2.50. The monoisotopic (exact) mass is 365 g/mol. The number of alkyl halides is 4. The maximum absolute atomic E-state index is 13.0. The number of fused-ring (bicyclic) bond motifs is 1. The molecule has 0 saturated heterocycles. The first-order valence-corrected chi connectivity index (χ1v) is 7.45. The summed E-state index contributed by atoms with van der Waals surface area (Å²) in [6, 6.07) is 1.83. The average Bonchev–Trinajstić information content (AvgIpc) is 2.51. The van der Waals surface area contributed by atoms with Gasteiger partial charge in [0, 0.05) is 18.0 Å². The van der Waals surface area contributed by atoms with Gasteiger partial charge in [-0.3, -0.25) is 4.90 Å². The van der Waals surface area contributed by atoms with Crippen molar-refractivity contribution >= 4 is 29.4 Å². The van der Waals surface area contributed by atoms with E-state index in [9.17, 15) is 27.9 Å². The van der Waals surface area contributed by atoms with Crippen molar-refractivity contribution in [2.75, 3.05) is 12.0 Å². The lowest BCUT2D eigenvalue weighted by Gasteiger charge is -2.42. The van der Waals surface area contributed by atoms with Crippen molar-refractivity contribution in [3.63, 3.8) is 0 Å². The van der Waals surface area contributed by atoms with Crippen LogP contribution in [0.3, 0.4) is 0 Å². The molecule has 2 atom stereocenters. The molecular formula is C15H15ClF3NO4. The molecule has 0 aliphatic carbocycles. The maximum atomic E-state index is 13.0. The number of nitrogens with zero attached hydrogens (tertiary/aromatic N) is 1. The minimum atomic E-state index is -4.65. The van der Waals surface area contributed by atoms with Gasteiger partial charge in [-0.05, 0) is 24.6 Å². The molecule has 24 heavy (non-hydrogen) atoms. The molecule has 0 bridgehead atoms. The zero-order chi connectivity index (χ0) is 18.3. The third-order valence-corrected chi connectivity index (χ3v) is 4.59. The first-order chi connectivity index (χ1) is 11.1. The molecule has 0 spiro atoms. The van der Waals surface area contributed by atoms with Gasteiger partial charge in [0.1, 0.15) is 0 Å². The van der Waals surface area contributed by atoms with Crippen molar-refractivity contribution in [1.29, 1.82) is 0 Å². The molecule has 0 radical (unpaired) electrons. The molecule has 9 heteroatoms. The number of ether oxygens (including phenoxy) is 1. The fourth-order valence-corrected chi connectivity index (χ4v) is 3.31. The molecule has 0 saturated carbocycles. The van der Waals surface area contributed by atoms with Crippen molar-refractivity contribution in [3.8, 4) is 0 Å². The number of esters is 1. The summed E-state index contributed by atoms with van der Waals surface area (Å²) in [6.45, 7) is 1.70. The van der Waals surface area contributed by atoms with Crippen LogP contribution in [0.4, 0.5) is 23.7 Å². The lowest BCUT2D eigenvalue weighted by molar-refractivity contribution is -0.145. The Morgan fingerprint density at radius 2 is 2.08 bits per heavy atom. The molecule has 0 aromatic heterocycles. The smallest absolute Gasteiger partial charge is 0.416 e. The highest BCUT2D eigenvalue weighted by atomic mass is 35.5. The molecule has 1 aliphatic rings. The van der Waals surface area contributed by atoms with Crippen LogP contribution >= 0.6 is 11.6 Å². The molecule has 1 N–H and O–H groups in total. The summed E-state index contributed by atoms with van der Waals surface area (Å²) in [6.07, 6.45) is -5.83. The number of rotatable bonds is 2. The predicted octanol–water partition coefficient (Wildman–Crippen LogP) is 3.98. The van der Waals surface area contributed by atoms with Crippen molar-refractivity contribution in [1.82, 2.24) is 0 Å². The molecule has 2 rings (SSSR count). The summed E-state index contributed by atoms with van der Waals surface area (Å²) in [4.78, 5) is 22.8. The van der Waals surface area contributed by atoms with Crippen LogP contribution in [-0.4, -0.2) is 30.3 Å². The molecule has 1 amide bonds. The zero-order valence-electron chi connectivity index (χ0n) is 12.9. The van der Waals surface area contributed by atoms with Gasteiger partial charge in [0.05, 0.1) is 18.4 Å². The van der Waals surface area contributed by atoms with Crippen LogP contribution in [0, 0.1) is 0 Å². The van der Waals surface area contributed by atoms with E-state index in [-0.39, 0.29) is 17.7 Å². The summed E-state index contributed by atoms with van der Waals surface area (Å²) in [5.74, 6) is -0.923. The van der Waals surface area contributed by atoms with Gasteiger partial charge in [0.15, 0.2) is 4.87 Å². The van der Waals surface area contributed by atoms with Crippen LogP contribution in [0.1, 0.15) is 30.9 Å². The Morgan fingerprint density at radius 1 is 1.46 bits per heavy atom. The van der Waals surface area contributed by atoms with Crippen molar-refractivity contribution in [2.24, 2.45) is 0 Å². The molecule has 1 aromatic carbocycles. The van der Waals surface area contributed by atoms with E-state index in [1.54, 1.807) is 6.92 Å². The fraction of sp³-hybridized carbons (Fsp3) is 0.467. The number of anilines is 1. The van der Waals surface area contributed by atoms with Crippen LogP contribution in [0.2, 0.25) is 0 Å². The third-order valence-electron chi connectivity index (χ3n) is 4.08. The van der Waals surface area contributed by atoms with E-state index in [0.29, 0.717) is 12.5 Å². The largest absolute Gasteiger partial charge is 0.467 e. The maximum Gasteiger partial charge on any atom is 0.416 e. The van der Waals surface area contributed by atoms with E-state index < -0.39 is 34.7 Å². The van der Waals surface area contributed by atoms with Crippen molar-refractivity contribution in [2.45, 2.75) is 36.9 Å². The van der Waals surface area contributed by atoms with E-state index in [4.69, 9.17) is 11.6 Å². The Kier molecular flexibility index (Phi) is 4.72. The van der Waals surface area contributed by atoms with Crippen LogP contribution in [0.15, 0.2) is 18.2 Å². The predicted molar refractivity (Wildman–Crippen MR) is 80.2 cm³/mol. The van der Waals surface area contributed by atoms with Gasteiger partial charge in [0.25, 0.3) is 0 Å². The Bertz CT molecular complexity index is 679. The van der Waals surface area contributed by atoms with Crippen molar-refractivity contribution < 1.29 is 32.6 Å². The SMILES string of the molecule is CCC1CC(Cl)(C(=O)OC)c2cc(C(F)(F)F)ccc2N1C(=O)O. The third kappa shape index (κ3) is 2.90. The van der Waals surface area contributed by atoms with Crippen LogP contribution in [0.5, 0.6) is 0 Å². The van der Waals surface area contributed by atoms with Gasteiger partial charge >= 0.3 is 18.2 Å². The number of carboxylic acid groups (broad SMARTS) is 1.